The van der Waals surface area contributed by atoms with E-state index in [0.717, 1.165) is 11.3 Å². The number of carbonyl (C=O) groups excluding carboxylic acids is 2. The van der Waals surface area contributed by atoms with E-state index < -0.39 is 36.7 Å². The topological polar surface area (TPSA) is 149 Å². The lowest BCUT2D eigenvalue weighted by Gasteiger charge is -2.26. The summed E-state index contributed by atoms with van der Waals surface area (Å²) in [4.78, 5) is 34.3. The third-order valence-electron chi connectivity index (χ3n) is 2.98. The molecule has 0 bridgehead atoms. The Balaban J connectivity index is 3.19. The van der Waals surface area contributed by atoms with Gasteiger partial charge in [0.1, 0.15) is 11.3 Å². The van der Waals surface area contributed by atoms with Crippen molar-refractivity contribution in [3.8, 4) is 0 Å². The molecule has 11 nitrogen and oxygen atoms in total. The van der Waals surface area contributed by atoms with E-state index >= 15 is 0 Å². The van der Waals surface area contributed by atoms with E-state index in [9.17, 15) is 14.2 Å². The molecule has 170 valence electrons. The van der Waals surface area contributed by atoms with E-state index in [1.165, 1.54) is 19.2 Å². The Hall–Kier alpha value is -2.01. The zero-order valence-corrected chi connectivity index (χ0v) is 19.8. The summed E-state index contributed by atoms with van der Waals surface area (Å²) in [5, 5.41) is 5.30. The van der Waals surface area contributed by atoms with Crippen molar-refractivity contribution in [2.75, 3.05) is 18.9 Å². The van der Waals surface area contributed by atoms with Crippen LogP contribution in [0.1, 0.15) is 54.2 Å². The first-order chi connectivity index (χ1) is 13.7. The van der Waals surface area contributed by atoms with Crippen LogP contribution < -0.4 is 5.73 Å². The van der Waals surface area contributed by atoms with E-state index in [4.69, 9.17) is 28.9 Å². The molecule has 1 aromatic heterocycles. The molecule has 0 aromatic carbocycles. The van der Waals surface area contributed by atoms with Crippen molar-refractivity contribution < 1.29 is 37.3 Å². The average molecular weight is 465 g/mol. The number of hydrogen-bond donors (Lipinski definition) is 1. The second kappa shape index (κ2) is 10.3. The molecule has 0 saturated carbocycles. The number of anilines is 1. The zero-order valence-electron chi connectivity index (χ0n) is 18.1. The van der Waals surface area contributed by atoms with Crippen molar-refractivity contribution in [1.29, 1.82) is 0 Å². The summed E-state index contributed by atoms with van der Waals surface area (Å²) in [6, 6.07) is 0. The number of nitrogens with two attached hydrogens (primary N) is 1. The van der Waals surface area contributed by atoms with Gasteiger partial charge in [-0.25, -0.2) is 19.1 Å². The summed E-state index contributed by atoms with van der Waals surface area (Å²) < 4.78 is 32.6. The summed E-state index contributed by atoms with van der Waals surface area (Å²) >= 11 is 1.04. The molecule has 13 heteroatoms. The lowest BCUT2D eigenvalue weighted by atomic mass is 10.1. The maximum atomic E-state index is 12.7. The molecule has 0 radical (unpaired) electrons. The molecular formula is C17H28N3O8PS. The number of thiazole rings is 1. The predicted octanol–water partition coefficient (Wildman–Crippen LogP) is 3.29. The Labute approximate surface area is 179 Å². The van der Waals surface area contributed by atoms with E-state index in [0.29, 0.717) is 0 Å². The Morgan fingerprint density at radius 2 is 1.73 bits per heavy atom. The van der Waals surface area contributed by atoms with Gasteiger partial charge in [-0.1, -0.05) is 5.16 Å². The number of nitrogen functional groups attached to an aromatic ring is 1. The number of carbonyl (C=O) groups is 2. The third kappa shape index (κ3) is 8.02. The van der Waals surface area contributed by atoms with Crippen molar-refractivity contribution in [2.24, 2.45) is 5.16 Å². The minimum Gasteiger partial charge on any atom is -0.457 e. The van der Waals surface area contributed by atoms with E-state index in [1.54, 1.807) is 34.6 Å². The van der Waals surface area contributed by atoms with Gasteiger partial charge in [0.2, 0.25) is 11.3 Å². The maximum Gasteiger partial charge on any atom is 0.532 e. The van der Waals surface area contributed by atoms with Gasteiger partial charge in [0.25, 0.3) is 0 Å². The van der Waals surface area contributed by atoms with Crippen LogP contribution in [0.2, 0.25) is 0 Å². The number of oxime groups is 1. The fourth-order valence-electron chi connectivity index (χ4n) is 1.73. The van der Waals surface area contributed by atoms with Crippen LogP contribution in [0.4, 0.5) is 5.13 Å². The third-order valence-corrected chi connectivity index (χ3v) is 5.19. The average Bonchev–Trinajstić information content (AvgIpc) is 2.99. The van der Waals surface area contributed by atoms with Crippen LogP contribution >= 0.6 is 19.2 Å². The first-order valence-electron chi connectivity index (χ1n) is 9.07. The second-order valence-electron chi connectivity index (χ2n) is 7.28. The fraction of sp³-hybridized carbons (Fsp3) is 0.647. The van der Waals surface area contributed by atoms with Crippen molar-refractivity contribution in [2.45, 2.75) is 59.7 Å². The fourth-order valence-corrected chi connectivity index (χ4v) is 3.38. The van der Waals surface area contributed by atoms with Crippen molar-refractivity contribution in [3.63, 3.8) is 0 Å². The molecule has 1 heterocycles. The molecule has 0 saturated heterocycles. The largest absolute Gasteiger partial charge is 0.532 e. The number of rotatable bonds is 10. The highest BCUT2D eigenvalue weighted by atomic mass is 32.1. The van der Waals surface area contributed by atoms with Crippen LogP contribution in [0.25, 0.3) is 0 Å². The molecule has 30 heavy (non-hydrogen) atoms. The van der Waals surface area contributed by atoms with Gasteiger partial charge in [0.15, 0.2) is 5.13 Å². The molecule has 0 fully saturated rings. The van der Waals surface area contributed by atoms with Crippen LogP contribution in [0.5, 0.6) is 0 Å². The molecule has 0 unspecified atom stereocenters. The minimum atomic E-state index is -4.19. The van der Waals surface area contributed by atoms with Gasteiger partial charge in [-0.15, -0.1) is 11.3 Å². The van der Waals surface area contributed by atoms with Gasteiger partial charge in [-0.05, 0) is 48.5 Å². The quantitative estimate of drug-likeness (QED) is 0.236. The molecule has 0 aliphatic rings. The number of esters is 1. The number of hydrogen-bond acceptors (Lipinski definition) is 12. The van der Waals surface area contributed by atoms with E-state index in [1.807, 2.05) is 0 Å². The molecular weight excluding hydrogens is 437 g/mol. The van der Waals surface area contributed by atoms with Gasteiger partial charge in [0, 0.05) is 5.38 Å². The smallest absolute Gasteiger partial charge is 0.457 e. The highest BCUT2D eigenvalue weighted by Gasteiger charge is 2.37. The van der Waals surface area contributed by atoms with Gasteiger partial charge in [-0.2, -0.15) is 0 Å². The number of phosphoric ester groups is 1. The lowest BCUT2D eigenvalue weighted by molar-refractivity contribution is -0.179. The van der Waals surface area contributed by atoms with Crippen LogP contribution in [0, 0.1) is 0 Å². The molecule has 0 aliphatic heterocycles. The number of phosphoric acid groups is 1. The number of ether oxygens (including phenoxy) is 1. The van der Waals surface area contributed by atoms with Gasteiger partial charge in [0.05, 0.1) is 13.2 Å². The van der Waals surface area contributed by atoms with Crippen molar-refractivity contribution in [3.05, 3.63) is 11.1 Å². The van der Waals surface area contributed by atoms with Crippen LogP contribution in [0.15, 0.2) is 10.5 Å². The molecule has 0 atom stereocenters. The minimum absolute atomic E-state index is 0.00188. The van der Waals surface area contributed by atoms with Crippen LogP contribution in [0.3, 0.4) is 0 Å². The van der Waals surface area contributed by atoms with Crippen LogP contribution in [-0.2, 0) is 37.3 Å². The van der Waals surface area contributed by atoms with Gasteiger partial charge in [-0.3, -0.25) is 9.05 Å². The number of aromatic nitrogens is 1. The Morgan fingerprint density at radius 3 is 2.17 bits per heavy atom. The first kappa shape index (κ1) is 26.0. The lowest BCUT2D eigenvalue weighted by Crippen LogP contribution is -2.40. The molecule has 1 rings (SSSR count). The Kier molecular flexibility index (Phi) is 8.97. The summed E-state index contributed by atoms with van der Waals surface area (Å²) in [6.07, 6.45) is 0. The van der Waals surface area contributed by atoms with Gasteiger partial charge >= 0.3 is 19.8 Å². The van der Waals surface area contributed by atoms with E-state index in [2.05, 4.69) is 10.1 Å². The number of nitrogens with zero attached hydrogens (tertiary/aromatic N) is 2. The summed E-state index contributed by atoms with van der Waals surface area (Å²) in [5.41, 5.74) is 2.84. The summed E-state index contributed by atoms with van der Waals surface area (Å²) in [5.74, 6) is -1.90. The Morgan fingerprint density at radius 1 is 1.17 bits per heavy atom. The van der Waals surface area contributed by atoms with Crippen molar-refractivity contribution >= 4 is 41.9 Å². The molecule has 0 amide bonds. The molecule has 2 N–H and O–H groups in total. The SMILES string of the molecule is CCOP(=O)(OCC)OC(=O)/C(=N\OC(C)(C)C(=O)OC(C)(C)C)c1csc(N)n1. The zero-order chi connectivity index (χ0) is 23.2. The monoisotopic (exact) mass is 465 g/mol. The standard InChI is InChI=1S/C17H28N3O8PS/c1-8-24-29(23,25-9-2)27-13(21)12(11-10-30-15(18)19-11)20-28-17(6,7)14(22)26-16(3,4)5/h10H,8-9H2,1-7H3,(H2,18,19)/b20-12-. The molecule has 1 aromatic rings. The highest BCUT2D eigenvalue weighted by Crippen LogP contribution is 2.49. The Bertz CT molecular complexity index is 821. The van der Waals surface area contributed by atoms with Crippen molar-refractivity contribution in [1.82, 2.24) is 4.98 Å². The first-order valence-corrected chi connectivity index (χ1v) is 11.4. The second-order valence-corrected chi connectivity index (χ2v) is 9.76. The normalized spacial score (nSPS) is 13.1. The summed E-state index contributed by atoms with van der Waals surface area (Å²) in [6.45, 7) is 11.0. The van der Waals surface area contributed by atoms with E-state index in [-0.39, 0.29) is 24.0 Å². The van der Waals surface area contributed by atoms with Gasteiger partial charge < -0.3 is 19.8 Å². The molecule has 0 aliphatic carbocycles. The summed E-state index contributed by atoms with van der Waals surface area (Å²) in [7, 11) is -4.19. The molecule has 0 spiro atoms. The maximum absolute atomic E-state index is 12.7. The predicted molar refractivity (Wildman–Crippen MR) is 111 cm³/mol. The highest BCUT2D eigenvalue weighted by molar-refractivity contribution is 7.49. The van der Waals surface area contributed by atoms with Crippen LogP contribution in [-0.4, -0.2) is 47.1 Å².